The van der Waals surface area contributed by atoms with Crippen molar-refractivity contribution in [2.45, 2.75) is 19.5 Å². The fraction of sp³-hybridized carbons (Fsp3) is 0.462. The molecule has 0 aliphatic carbocycles. The molecule has 0 fully saturated rings. The van der Waals surface area contributed by atoms with E-state index in [0.717, 1.165) is 5.56 Å². The molecule has 2 N–H and O–H groups in total. The zero-order valence-corrected chi connectivity index (χ0v) is 11.3. The van der Waals surface area contributed by atoms with Crippen LogP contribution in [0.3, 0.4) is 0 Å². The summed E-state index contributed by atoms with van der Waals surface area (Å²) in [5.74, 6) is 1.18. The summed E-state index contributed by atoms with van der Waals surface area (Å²) in [6.07, 6.45) is 0. The Morgan fingerprint density at radius 3 is 2.56 bits per heavy atom. The van der Waals surface area contributed by atoms with Gasteiger partial charge in [-0.1, -0.05) is 12.1 Å². The highest BCUT2D eigenvalue weighted by Gasteiger charge is 2.17. The number of nitrogens with zero attached hydrogens (tertiary/aromatic N) is 1. The Kier molecular flexibility index (Phi) is 4.97. The number of carbonyl (C=O) groups excluding carboxylic acids is 1. The van der Waals surface area contributed by atoms with E-state index in [1.165, 1.54) is 0 Å². The Bertz CT molecular complexity index is 419. The van der Waals surface area contributed by atoms with Crippen LogP contribution in [0.2, 0.25) is 0 Å². The van der Waals surface area contributed by atoms with Crippen molar-refractivity contribution in [2.24, 2.45) is 5.73 Å². The summed E-state index contributed by atoms with van der Waals surface area (Å²) in [7, 11) is 4.87. The number of likely N-dealkylation sites (N-methyl/N-ethyl adjacent to an activating group) is 1. The first-order chi connectivity index (χ1) is 8.51. The summed E-state index contributed by atoms with van der Waals surface area (Å²) < 4.78 is 10.5. The van der Waals surface area contributed by atoms with Crippen LogP contribution in [-0.4, -0.2) is 38.1 Å². The summed E-state index contributed by atoms with van der Waals surface area (Å²) in [6, 6.07) is 5.06. The van der Waals surface area contributed by atoms with Crippen molar-refractivity contribution in [3.8, 4) is 11.5 Å². The quantitative estimate of drug-likeness (QED) is 0.849. The SMILES string of the molecule is COc1cccc(CN(C)C(=O)[C@H](C)N)c1OC. The van der Waals surface area contributed by atoms with Gasteiger partial charge in [-0.15, -0.1) is 0 Å². The maximum Gasteiger partial charge on any atom is 0.239 e. The molecule has 0 aromatic heterocycles. The van der Waals surface area contributed by atoms with Crippen LogP contribution < -0.4 is 15.2 Å². The third-order valence-electron chi connectivity index (χ3n) is 2.66. The van der Waals surface area contributed by atoms with Crippen molar-refractivity contribution in [3.63, 3.8) is 0 Å². The molecule has 5 nitrogen and oxygen atoms in total. The first-order valence-electron chi connectivity index (χ1n) is 5.71. The van der Waals surface area contributed by atoms with Crippen LogP contribution in [0.25, 0.3) is 0 Å². The molecule has 1 aromatic carbocycles. The molecule has 18 heavy (non-hydrogen) atoms. The van der Waals surface area contributed by atoms with E-state index in [9.17, 15) is 4.79 Å². The molecular weight excluding hydrogens is 232 g/mol. The highest BCUT2D eigenvalue weighted by molar-refractivity contribution is 5.81. The molecule has 1 atom stereocenters. The van der Waals surface area contributed by atoms with E-state index in [-0.39, 0.29) is 5.91 Å². The number of methoxy groups -OCH3 is 2. The van der Waals surface area contributed by atoms with Crippen LogP contribution >= 0.6 is 0 Å². The van der Waals surface area contributed by atoms with E-state index in [4.69, 9.17) is 15.2 Å². The zero-order valence-electron chi connectivity index (χ0n) is 11.3. The molecular formula is C13H20N2O3. The lowest BCUT2D eigenvalue weighted by Gasteiger charge is -2.21. The largest absolute Gasteiger partial charge is 0.493 e. The van der Waals surface area contributed by atoms with Gasteiger partial charge >= 0.3 is 0 Å². The minimum atomic E-state index is -0.508. The molecule has 0 bridgehead atoms. The van der Waals surface area contributed by atoms with Crippen molar-refractivity contribution in [3.05, 3.63) is 23.8 Å². The molecule has 5 heteroatoms. The summed E-state index contributed by atoms with van der Waals surface area (Å²) in [4.78, 5) is 13.3. The van der Waals surface area contributed by atoms with E-state index in [2.05, 4.69) is 0 Å². The molecule has 1 amide bonds. The molecule has 0 radical (unpaired) electrons. The molecule has 0 aliphatic rings. The predicted octanol–water partition coefficient (Wildman–Crippen LogP) is 1.01. The van der Waals surface area contributed by atoms with Gasteiger partial charge in [0.25, 0.3) is 0 Å². The van der Waals surface area contributed by atoms with Crippen LogP contribution in [0.4, 0.5) is 0 Å². The average Bonchev–Trinajstić information content (AvgIpc) is 2.37. The van der Waals surface area contributed by atoms with Crippen LogP contribution in [0.15, 0.2) is 18.2 Å². The van der Waals surface area contributed by atoms with Gasteiger partial charge in [0.05, 0.1) is 20.3 Å². The van der Waals surface area contributed by atoms with Crippen LogP contribution in [0.5, 0.6) is 11.5 Å². The summed E-state index contributed by atoms with van der Waals surface area (Å²) >= 11 is 0. The predicted molar refractivity (Wildman–Crippen MR) is 69.7 cm³/mol. The van der Waals surface area contributed by atoms with E-state index in [0.29, 0.717) is 18.0 Å². The Morgan fingerprint density at radius 2 is 2.06 bits per heavy atom. The van der Waals surface area contributed by atoms with Gasteiger partial charge < -0.3 is 20.1 Å². The molecule has 0 heterocycles. The third kappa shape index (κ3) is 3.13. The number of ether oxygens (including phenoxy) is 2. The number of rotatable bonds is 5. The van der Waals surface area contributed by atoms with E-state index >= 15 is 0 Å². The number of hydrogen-bond donors (Lipinski definition) is 1. The van der Waals surface area contributed by atoms with E-state index in [1.54, 1.807) is 33.1 Å². The molecule has 0 saturated carbocycles. The van der Waals surface area contributed by atoms with E-state index < -0.39 is 6.04 Å². The topological polar surface area (TPSA) is 64.8 Å². The van der Waals surface area contributed by atoms with Gasteiger partial charge in [-0.25, -0.2) is 0 Å². The highest BCUT2D eigenvalue weighted by atomic mass is 16.5. The average molecular weight is 252 g/mol. The Morgan fingerprint density at radius 1 is 1.39 bits per heavy atom. The Hall–Kier alpha value is -1.75. The lowest BCUT2D eigenvalue weighted by Crippen LogP contribution is -2.39. The van der Waals surface area contributed by atoms with Crippen LogP contribution in [0.1, 0.15) is 12.5 Å². The zero-order chi connectivity index (χ0) is 13.7. The first kappa shape index (κ1) is 14.3. The summed E-state index contributed by atoms with van der Waals surface area (Å²) in [5, 5.41) is 0. The molecule has 1 rings (SSSR count). The molecule has 1 aromatic rings. The number of amides is 1. The van der Waals surface area contributed by atoms with Crippen LogP contribution in [0, 0.1) is 0 Å². The van der Waals surface area contributed by atoms with Crippen LogP contribution in [-0.2, 0) is 11.3 Å². The van der Waals surface area contributed by atoms with Gasteiger partial charge in [-0.3, -0.25) is 4.79 Å². The summed E-state index contributed by atoms with van der Waals surface area (Å²) in [5.41, 5.74) is 6.45. The number of para-hydroxylation sites is 1. The fourth-order valence-electron chi connectivity index (χ4n) is 1.76. The number of hydrogen-bond acceptors (Lipinski definition) is 4. The second-order valence-electron chi connectivity index (χ2n) is 4.14. The van der Waals surface area contributed by atoms with Crippen molar-refractivity contribution in [1.82, 2.24) is 4.90 Å². The molecule has 100 valence electrons. The molecule has 0 spiro atoms. The Labute approximate surface area is 107 Å². The maximum atomic E-state index is 11.7. The van der Waals surface area contributed by atoms with Gasteiger partial charge in [-0.05, 0) is 13.0 Å². The number of nitrogens with two attached hydrogens (primary N) is 1. The van der Waals surface area contributed by atoms with Gasteiger partial charge in [0, 0.05) is 19.2 Å². The van der Waals surface area contributed by atoms with Crippen molar-refractivity contribution in [2.75, 3.05) is 21.3 Å². The van der Waals surface area contributed by atoms with Crippen molar-refractivity contribution in [1.29, 1.82) is 0 Å². The number of benzene rings is 1. The Balaban J connectivity index is 2.94. The third-order valence-corrected chi connectivity index (χ3v) is 2.66. The maximum absolute atomic E-state index is 11.7. The first-order valence-corrected chi connectivity index (χ1v) is 5.71. The molecule has 0 aliphatic heterocycles. The van der Waals surface area contributed by atoms with Gasteiger partial charge in [-0.2, -0.15) is 0 Å². The highest BCUT2D eigenvalue weighted by Crippen LogP contribution is 2.31. The minimum absolute atomic E-state index is 0.111. The summed E-state index contributed by atoms with van der Waals surface area (Å²) in [6.45, 7) is 2.10. The lowest BCUT2D eigenvalue weighted by atomic mass is 10.1. The fourth-order valence-corrected chi connectivity index (χ4v) is 1.76. The minimum Gasteiger partial charge on any atom is -0.493 e. The second kappa shape index (κ2) is 6.26. The normalized spacial score (nSPS) is 11.8. The second-order valence-corrected chi connectivity index (χ2v) is 4.14. The van der Waals surface area contributed by atoms with Gasteiger partial charge in [0.1, 0.15) is 0 Å². The smallest absolute Gasteiger partial charge is 0.239 e. The monoisotopic (exact) mass is 252 g/mol. The molecule has 0 saturated heterocycles. The standard InChI is InChI=1S/C13H20N2O3/c1-9(14)13(16)15(2)8-10-6-5-7-11(17-3)12(10)18-4/h5-7,9H,8,14H2,1-4H3/t9-/m0/s1. The molecule has 0 unspecified atom stereocenters. The van der Waals surface area contributed by atoms with Gasteiger partial charge in [0.15, 0.2) is 11.5 Å². The lowest BCUT2D eigenvalue weighted by molar-refractivity contribution is -0.131. The van der Waals surface area contributed by atoms with Crippen molar-refractivity contribution < 1.29 is 14.3 Å². The van der Waals surface area contributed by atoms with Gasteiger partial charge in [0.2, 0.25) is 5.91 Å². The number of carbonyl (C=O) groups is 1. The van der Waals surface area contributed by atoms with Crippen molar-refractivity contribution >= 4 is 5.91 Å². The van der Waals surface area contributed by atoms with E-state index in [1.807, 2.05) is 18.2 Å².